The van der Waals surface area contributed by atoms with E-state index in [-0.39, 0.29) is 29.5 Å². The van der Waals surface area contributed by atoms with Crippen LogP contribution in [0, 0.1) is 11.7 Å². The molecule has 1 amide bonds. The number of nitrogens with zero attached hydrogens (tertiary/aromatic N) is 4. The minimum Gasteiger partial charge on any atom is -0.354 e. The lowest BCUT2D eigenvalue weighted by atomic mass is 9.93. The molecule has 29 heavy (non-hydrogen) atoms. The van der Waals surface area contributed by atoms with Gasteiger partial charge < -0.3 is 20.1 Å². The summed E-state index contributed by atoms with van der Waals surface area (Å²) in [6, 6.07) is 6.31. The number of rotatable bonds is 5. The maximum atomic E-state index is 13.7. The molecule has 0 spiro atoms. The molecule has 1 fully saturated rings. The van der Waals surface area contributed by atoms with Crippen LogP contribution in [0.25, 0.3) is 0 Å². The summed E-state index contributed by atoms with van der Waals surface area (Å²) in [6.07, 6.45) is 6.72. The van der Waals surface area contributed by atoms with Crippen molar-refractivity contribution in [3.05, 3.63) is 54.4 Å². The fraction of sp³-hybridized carbons (Fsp3) is 0.450. The second-order valence-electron chi connectivity index (χ2n) is 7.00. The van der Waals surface area contributed by atoms with Crippen LogP contribution in [-0.2, 0) is 0 Å². The van der Waals surface area contributed by atoms with E-state index in [1.54, 1.807) is 25.4 Å². The molecule has 7 nitrogen and oxygen atoms in total. The third-order valence-electron chi connectivity index (χ3n) is 5.15. The number of likely N-dealkylation sites (tertiary alicyclic amines) is 1. The first-order valence-electron chi connectivity index (χ1n) is 9.56. The van der Waals surface area contributed by atoms with Gasteiger partial charge in [-0.2, -0.15) is 0 Å². The van der Waals surface area contributed by atoms with Crippen molar-refractivity contribution in [1.29, 1.82) is 0 Å². The SMILES string of the molecule is CN=C(NCCNC(=O)c1ccccc1F)N1CCC(C)C(n2ccnc2)C1.I. The van der Waals surface area contributed by atoms with Crippen molar-refractivity contribution in [3.8, 4) is 0 Å². The van der Waals surface area contributed by atoms with Crippen molar-refractivity contribution >= 4 is 35.8 Å². The molecule has 2 atom stereocenters. The monoisotopic (exact) mass is 514 g/mol. The lowest BCUT2D eigenvalue weighted by Crippen LogP contribution is -2.50. The van der Waals surface area contributed by atoms with E-state index in [0.29, 0.717) is 25.0 Å². The summed E-state index contributed by atoms with van der Waals surface area (Å²) in [4.78, 5) is 22.8. The molecular weight excluding hydrogens is 486 g/mol. The van der Waals surface area contributed by atoms with Gasteiger partial charge in [0.15, 0.2) is 5.96 Å². The Morgan fingerprint density at radius 2 is 2.07 bits per heavy atom. The normalized spacial score (nSPS) is 19.4. The first kappa shape index (κ1) is 23.1. The van der Waals surface area contributed by atoms with Crippen molar-refractivity contribution in [2.75, 3.05) is 33.2 Å². The number of amides is 1. The van der Waals surface area contributed by atoms with Crippen LogP contribution in [0.3, 0.4) is 0 Å². The fourth-order valence-electron chi connectivity index (χ4n) is 3.52. The van der Waals surface area contributed by atoms with Crippen molar-refractivity contribution in [2.45, 2.75) is 19.4 Å². The number of carbonyl (C=O) groups excluding carboxylic acids is 1. The smallest absolute Gasteiger partial charge is 0.254 e. The van der Waals surface area contributed by atoms with Crippen LogP contribution >= 0.6 is 24.0 Å². The van der Waals surface area contributed by atoms with Gasteiger partial charge in [0.25, 0.3) is 5.91 Å². The summed E-state index contributed by atoms with van der Waals surface area (Å²) in [5.74, 6) is 0.430. The third kappa shape index (κ3) is 5.91. The Hall–Kier alpha value is -2.17. The van der Waals surface area contributed by atoms with E-state index >= 15 is 0 Å². The molecule has 1 saturated heterocycles. The van der Waals surface area contributed by atoms with Crippen LogP contribution < -0.4 is 10.6 Å². The number of hydrogen-bond acceptors (Lipinski definition) is 3. The first-order chi connectivity index (χ1) is 13.6. The standard InChI is InChI=1S/C20H27FN6O.HI/c1-15-7-11-26(13-18(15)27-12-10-23-14-27)20(22-2)25-9-8-24-19(28)16-5-3-4-6-17(16)21;/h3-6,10,12,14-15,18H,7-9,11,13H2,1-2H3,(H,22,25)(H,24,28);1H. The molecule has 2 heterocycles. The van der Waals surface area contributed by atoms with Crippen molar-refractivity contribution in [1.82, 2.24) is 25.1 Å². The van der Waals surface area contributed by atoms with Gasteiger partial charge in [0.1, 0.15) is 5.82 Å². The Bertz CT molecular complexity index is 813. The van der Waals surface area contributed by atoms with Crippen LogP contribution in [-0.4, -0.2) is 59.5 Å². The Morgan fingerprint density at radius 1 is 1.31 bits per heavy atom. The molecule has 1 aliphatic rings. The fourth-order valence-corrected chi connectivity index (χ4v) is 3.52. The summed E-state index contributed by atoms with van der Waals surface area (Å²) < 4.78 is 15.8. The Balaban J connectivity index is 0.00000300. The van der Waals surface area contributed by atoms with E-state index in [1.165, 1.54) is 12.1 Å². The summed E-state index contributed by atoms with van der Waals surface area (Å²) in [6.45, 7) is 4.92. The van der Waals surface area contributed by atoms with Gasteiger partial charge in [-0.1, -0.05) is 19.1 Å². The number of piperidine rings is 1. The Labute approximate surface area is 187 Å². The predicted octanol–water partition coefficient (Wildman–Crippen LogP) is 2.53. The van der Waals surface area contributed by atoms with Crippen molar-refractivity contribution in [3.63, 3.8) is 0 Å². The highest BCUT2D eigenvalue weighted by Crippen LogP contribution is 2.27. The molecule has 2 N–H and O–H groups in total. The molecule has 2 aromatic rings. The minimum absolute atomic E-state index is 0. The average Bonchev–Trinajstić information content (AvgIpc) is 3.23. The number of guanidine groups is 1. The van der Waals surface area contributed by atoms with Gasteiger partial charge in [0, 0.05) is 45.6 Å². The van der Waals surface area contributed by atoms with Gasteiger partial charge in [-0.25, -0.2) is 9.37 Å². The minimum atomic E-state index is -0.517. The van der Waals surface area contributed by atoms with Crippen LogP contribution in [0.1, 0.15) is 29.7 Å². The molecular formula is C20H28FIN6O. The largest absolute Gasteiger partial charge is 0.354 e. The molecule has 1 aromatic heterocycles. The van der Waals surface area contributed by atoms with Crippen LogP contribution in [0.4, 0.5) is 4.39 Å². The van der Waals surface area contributed by atoms with E-state index in [2.05, 4.69) is 37.0 Å². The van der Waals surface area contributed by atoms with E-state index < -0.39 is 11.7 Å². The second-order valence-corrected chi connectivity index (χ2v) is 7.00. The second kappa shape index (κ2) is 11.1. The van der Waals surface area contributed by atoms with E-state index in [0.717, 1.165) is 25.5 Å². The number of aromatic nitrogens is 2. The predicted molar refractivity (Wildman–Crippen MR) is 122 cm³/mol. The molecule has 0 aliphatic carbocycles. The Kier molecular flexibility index (Phi) is 8.87. The van der Waals surface area contributed by atoms with E-state index in [4.69, 9.17) is 0 Å². The van der Waals surface area contributed by atoms with Gasteiger partial charge in [0.05, 0.1) is 17.9 Å². The zero-order chi connectivity index (χ0) is 19.9. The summed E-state index contributed by atoms with van der Waals surface area (Å²) in [5, 5.41) is 6.02. The molecule has 158 valence electrons. The molecule has 0 saturated carbocycles. The number of imidazole rings is 1. The van der Waals surface area contributed by atoms with E-state index in [9.17, 15) is 9.18 Å². The highest BCUT2D eigenvalue weighted by atomic mass is 127. The molecule has 1 aliphatic heterocycles. The zero-order valence-electron chi connectivity index (χ0n) is 16.7. The molecule has 3 rings (SSSR count). The first-order valence-corrected chi connectivity index (χ1v) is 9.56. The van der Waals surface area contributed by atoms with Crippen LogP contribution in [0.2, 0.25) is 0 Å². The van der Waals surface area contributed by atoms with Gasteiger partial charge >= 0.3 is 0 Å². The quantitative estimate of drug-likeness (QED) is 0.279. The summed E-state index contributed by atoms with van der Waals surface area (Å²) in [5.41, 5.74) is 0.0556. The van der Waals surface area contributed by atoms with Crippen LogP contribution in [0.15, 0.2) is 48.0 Å². The average molecular weight is 514 g/mol. The topological polar surface area (TPSA) is 74.6 Å². The number of hydrogen-bond donors (Lipinski definition) is 2. The molecule has 0 radical (unpaired) electrons. The molecule has 9 heteroatoms. The van der Waals surface area contributed by atoms with Crippen molar-refractivity contribution < 1.29 is 9.18 Å². The number of nitrogens with one attached hydrogen (secondary N) is 2. The van der Waals surface area contributed by atoms with Gasteiger partial charge in [0.2, 0.25) is 0 Å². The maximum Gasteiger partial charge on any atom is 0.254 e. The van der Waals surface area contributed by atoms with Gasteiger partial charge in [-0.05, 0) is 24.5 Å². The van der Waals surface area contributed by atoms with Gasteiger partial charge in [-0.15, -0.1) is 24.0 Å². The highest BCUT2D eigenvalue weighted by Gasteiger charge is 2.28. The summed E-state index contributed by atoms with van der Waals surface area (Å²) in [7, 11) is 1.75. The summed E-state index contributed by atoms with van der Waals surface area (Å²) >= 11 is 0. The molecule has 0 bridgehead atoms. The Morgan fingerprint density at radius 3 is 2.76 bits per heavy atom. The van der Waals surface area contributed by atoms with Gasteiger partial charge in [-0.3, -0.25) is 9.79 Å². The van der Waals surface area contributed by atoms with E-state index in [1.807, 2.05) is 12.5 Å². The maximum absolute atomic E-state index is 13.7. The number of benzene rings is 1. The molecule has 2 unspecified atom stereocenters. The number of halogens is 2. The zero-order valence-corrected chi connectivity index (χ0v) is 19.0. The number of carbonyl (C=O) groups is 1. The van der Waals surface area contributed by atoms with Crippen LogP contribution in [0.5, 0.6) is 0 Å². The number of aliphatic imine (C=N–C) groups is 1. The molecule has 1 aromatic carbocycles. The van der Waals surface area contributed by atoms with Crippen molar-refractivity contribution in [2.24, 2.45) is 10.9 Å². The lowest BCUT2D eigenvalue weighted by molar-refractivity contribution is 0.0950. The third-order valence-corrected chi connectivity index (χ3v) is 5.15. The lowest BCUT2D eigenvalue weighted by Gasteiger charge is -2.39. The highest BCUT2D eigenvalue weighted by molar-refractivity contribution is 14.0.